The maximum atomic E-state index is 12.7. The van der Waals surface area contributed by atoms with Crippen LogP contribution >= 0.6 is 0 Å². The van der Waals surface area contributed by atoms with Gasteiger partial charge in [-0.05, 0) is 28.1 Å². The molecule has 1 atom stereocenters. The molecule has 3 heterocycles. The summed E-state index contributed by atoms with van der Waals surface area (Å²) in [5.74, 6) is 0.570. The van der Waals surface area contributed by atoms with Crippen molar-refractivity contribution >= 4 is 11.0 Å². The van der Waals surface area contributed by atoms with Crippen LogP contribution in [-0.4, -0.2) is 51.4 Å². The van der Waals surface area contributed by atoms with Gasteiger partial charge in [0.25, 0.3) is 0 Å². The highest BCUT2D eigenvalue weighted by atomic mass is 16.5. The zero-order valence-electron chi connectivity index (χ0n) is 15.6. The van der Waals surface area contributed by atoms with E-state index in [0.29, 0.717) is 24.6 Å². The van der Waals surface area contributed by atoms with Crippen LogP contribution in [0.4, 0.5) is 0 Å². The minimum atomic E-state index is -0.481. The van der Waals surface area contributed by atoms with Crippen molar-refractivity contribution in [2.24, 2.45) is 0 Å². The van der Waals surface area contributed by atoms with Gasteiger partial charge in [0, 0.05) is 18.5 Å². The summed E-state index contributed by atoms with van der Waals surface area (Å²) >= 11 is 0. The number of ether oxygens (including phenoxy) is 1. The van der Waals surface area contributed by atoms with Crippen LogP contribution in [0, 0.1) is 0 Å². The number of rotatable bonds is 4. The molecular weight excluding hydrogens is 370 g/mol. The summed E-state index contributed by atoms with van der Waals surface area (Å²) < 4.78 is 12.5. The summed E-state index contributed by atoms with van der Waals surface area (Å²) in [4.78, 5) is 15.0. The number of morpholine rings is 1. The fraction of sp³-hybridized carbons (Fsp3) is 0.238. The molecule has 2 aromatic heterocycles. The Morgan fingerprint density at radius 2 is 1.72 bits per heavy atom. The Morgan fingerprint density at radius 1 is 0.966 bits per heavy atom. The minimum absolute atomic E-state index is 0.207. The first-order valence-corrected chi connectivity index (χ1v) is 9.49. The summed E-state index contributed by atoms with van der Waals surface area (Å²) in [5.41, 5.74) is 1.39. The van der Waals surface area contributed by atoms with E-state index in [4.69, 9.17) is 9.15 Å². The van der Waals surface area contributed by atoms with E-state index in [1.165, 1.54) is 4.68 Å². The van der Waals surface area contributed by atoms with Crippen molar-refractivity contribution in [1.82, 2.24) is 25.1 Å². The third-order valence-corrected chi connectivity index (χ3v) is 5.12. The van der Waals surface area contributed by atoms with Crippen LogP contribution in [0.3, 0.4) is 0 Å². The van der Waals surface area contributed by atoms with Gasteiger partial charge < -0.3 is 9.15 Å². The molecule has 29 heavy (non-hydrogen) atoms. The number of tetrazole rings is 1. The molecule has 0 unspecified atom stereocenters. The number of hydrogen-bond donors (Lipinski definition) is 0. The highest BCUT2D eigenvalue weighted by Gasteiger charge is 2.30. The standard InChI is InChI=1S/C21H19N5O3/c27-21-17(14-16-8-4-5-9-18(16)29-21)26-20(22-23-24-26)19(15-6-2-1-3-7-15)25-10-12-28-13-11-25/h1-9,14,19H,10-13H2/t19-/m1/s1. The van der Waals surface area contributed by atoms with E-state index in [2.05, 4.69) is 20.4 Å². The Kier molecular flexibility index (Phi) is 4.63. The first-order chi connectivity index (χ1) is 14.3. The first kappa shape index (κ1) is 17.7. The lowest BCUT2D eigenvalue weighted by Gasteiger charge is -2.33. The zero-order valence-corrected chi connectivity index (χ0v) is 15.6. The molecule has 0 amide bonds. The monoisotopic (exact) mass is 389 g/mol. The summed E-state index contributed by atoms with van der Waals surface area (Å²) in [6.45, 7) is 2.78. The number of fused-ring (bicyclic) bond motifs is 1. The molecule has 8 nitrogen and oxygen atoms in total. The lowest BCUT2D eigenvalue weighted by Crippen LogP contribution is -2.40. The van der Waals surface area contributed by atoms with Crippen molar-refractivity contribution < 1.29 is 9.15 Å². The second-order valence-electron chi connectivity index (χ2n) is 6.87. The fourth-order valence-corrected chi connectivity index (χ4v) is 3.73. The van der Waals surface area contributed by atoms with Crippen molar-refractivity contribution in [3.05, 3.63) is 82.5 Å². The third kappa shape index (κ3) is 3.32. The maximum absolute atomic E-state index is 12.7. The van der Waals surface area contributed by atoms with E-state index in [-0.39, 0.29) is 11.7 Å². The largest absolute Gasteiger partial charge is 0.421 e. The molecule has 0 aliphatic carbocycles. The Balaban J connectivity index is 1.66. The number of benzene rings is 2. The zero-order chi connectivity index (χ0) is 19.6. The van der Waals surface area contributed by atoms with Gasteiger partial charge in [0.15, 0.2) is 11.5 Å². The van der Waals surface area contributed by atoms with E-state index in [1.54, 1.807) is 12.1 Å². The molecule has 0 radical (unpaired) electrons. The van der Waals surface area contributed by atoms with Gasteiger partial charge in [-0.15, -0.1) is 5.10 Å². The molecule has 1 aliphatic heterocycles. The second kappa shape index (κ2) is 7.57. The summed E-state index contributed by atoms with van der Waals surface area (Å²) in [6.07, 6.45) is 0. The van der Waals surface area contributed by atoms with Gasteiger partial charge in [0.1, 0.15) is 5.58 Å². The third-order valence-electron chi connectivity index (χ3n) is 5.12. The molecule has 5 rings (SSSR count). The molecule has 0 N–H and O–H groups in total. The maximum Gasteiger partial charge on any atom is 0.362 e. The van der Waals surface area contributed by atoms with Gasteiger partial charge in [-0.2, -0.15) is 4.68 Å². The summed E-state index contributed by atoms with van der Waals surface area (Å²) in [5, 5.41) is 13.1. The average molecular weight is 389 g/mol. The molecule has 1 fully saturated rings. The van der Waals surface area contributed by atoms with E-state index in [9.17, 15) is 4.79 Å². The van der Waals surface area contributed by atoms with Gasteiger partial charge in [-0.1, -0.05) is 48.5 Å². The van der Waals surface area contributed by atoms with E-state index < -0.39 is 5.63 Å². The first-order valence-electron chi connectivity index (χ1n) is 9.49. The van der Waals surface area contributed by atoms with Crippen LogP contribution in [0.25, 0.3) is 16.7 Å². The topological polar surface area (TPSA) is 86.3 Å². The highest BCUT2D eigenvalue weighted by molar-refractivity contribution is 5.77. The van der Waals surface area contributed by atoms with Crippen molar-refractivity contribution in [2.75, 3.05) is 26.3 Å². The number of aromatic nitrogens is 4. The van der Waals surface area contributed by atoms with Crippen LogP contribution in [-0.2, 0) is 4.74 Å². The van der Waals surface area contributed by atoms with Crippen LogP contribution < -0.4 is 5.63 Å². The van der Waals surface area contributed by atoms with Gasteiger partial charge in [-0.3, -0.25) is 4.90 Å². The predicted octanol–water partition coefficient (Wildman–Crippen LogP) is 2.19. The Morgan fingerprint density at radius 3 is 2.55 bits per heavy atom. The molecular formula is C21H19N5O3. The molecule has 0 bridgehead atoms. The van der Waals surface area contributed by atoms with Gasteiger partial charge in [-0.25, -0.2) is 4.79 Å². The van der Waals surface area contributed by atoms with Gasteiger partial charge in [0.2, 0.25) is 0 Å². The molecule has 4 aromatic rings. The summed E-state index contributed by atoms with van der Waals surface area (Å²) in [7, 11) is 0. The number of para-hydroxylation sites is 1. The quantitative estimate of drug-likeness (QED) is 0.495. The van der Waals surface area contributed by atoms with E-state index in [1.807, 2.05) is 48.5 Å². The number of nitrogens with zero attached hydrogens (tertiary/aromatic N) is 5. The van der Waals surface area contributed by atoms with Gasteiger partial charge in [0.05, 0.1) is 19.3 Å². The van der Waals surface area contributed by atoms with Crippen LogP contribution in [0.5, 0.6) is 0 Å². The highest BCUT2D eigenvalue weighted by Crippen LogP contribution is 2.28. The second-order valence-corrected chi connectivity index (χ2v) is 6.87. The molecule has 8 heteroatoms. The molecule has 0 saturated carbocycles. The van der Waals surface area contributed by atoms with Crippen molar-refractivity contribution in [2.45, 2.75) is 6.04 Å². The lowest BCUT2D eigenvalue weighted by molar-refractivity contribution is 0.0220. The molecule has 146 valence electrons. The van der Waals surface area contributed by atoms with Crippen molar-refractivity contribution in [1.29, 1.82) is 0 Å². The van der Waals surface area contributed by atoms with Crippen molar-refractivity contribution in [3.8, 4) is 5.69 Å². The Hall–Kier alpha value is -3.36. The fourth-order valence-electron chi connectivity index (χ4n) is 3.73. The molecule has 2 aromatic carbocycles. The lowest BCUT2D eigenvalue weighted by atomic mass is 10.0. The summed E-state index contributed by atoms with van der Waals surface area (Å²) in [6, 6.07) is 19.0. The molecule has 1 saturated heterocycles. The van der Waals surface area contributed by atoms with Crippen molar-refractivity contribution in [3.63, 3.8) is 0 Å². The number of hydrogen-bond acceptors (Lipinski definition) is 7. The van der Waals surface area contributed by atoms with Gasteiger partial charge >= 0.3 is 5.63 Å². The Bertz CT molecular complexity index is 1180. The van der Waals surface area contributed by atoms with Crippen LogP contribution in [0.15, 0.2) is 69.9 Å². The predicted molar refractivity (Wildman–Crippen MR) is 106 cm³/mol. The van der Waals surface area contributed by atoms with E-state index in [0.717, 1.165) is 24.0 Å². The minimum Gasteiger partial charge on any atom is -0.421 e. The smallest absolute Gasteiger partial charge is 0.362 e. The molecule has 1 aliphatic rings. The van der Waals surface area contributed by atoms with Crippen LogP contribution in [0.1, 0.15) is 17.4 Å². The Labute approximate surface area is 166 Å². The normalized spacial score (nSPS) is 16.1. The SMILES string of the molecule is O=c1oc2ccccc2cc1-n1nnnc1[C@@H](c1ccccc1)N1CCOCC1. The average Bonchev–Trinajstić information content (AvgIpc) is 3.24. The van der Waals surface area contributed by atoms with Crippen LogP contribution in [0.2, 0.25) is 0 Å². The van der Waals surface area contributed by atoms with E-state index >= 15 is 0 Å². The molecule has 0 spiro atoms.